The Morgan fingerprint density at radius 2 is 1.83 bits per heavy atom. The minimum Gasteiger partial charge on any atom is -0.342 e. The van der Waals surface area contributed by atoms with Gasteiger partial charge in [-0.15, -0.1) is 0 Å². The third-order valence-electron chi connectivity index (χ3n) is 3.87. The summed E-state index contributed by atoms with van der Waals surface area (Å²) in [5, 5.41) is 0.577. The van der Waals surface area contributed by atoms with Crippen molar-refractivity contribution in [2.75, 3.05) is 26.2 Å². The van der Waals surface area contributed by atoms with Gasteiger partial charge in [-0.05, 0) is 18.2 Å². The van der Waals surface area contributed by atoms with Gasteiger partial charge in [0.05, 0.1) is 5.69 Å². The Balaban J connectivity index is 1.86. The first-order chi connectivity index (χ1) is 11.6. The molecule has 1 aromatic heterocycles. The fraction of sp³-hybridized carbons (Fsp3) is 0.250. The second-order valence-corrected chi connectivity index (χ2v) is 5.86. The maximum Gasteiger partial charge on any atom is 0.346 e. The van der Waals surface area contributed by atoms with Crippen LogP contribution < -0.4 is 5.69 Å². The van der Waals surface area contributed by atoms with Crippen LogP contribution in [0.5, 0.6) is 0 Å². The molecule has 0 bridgehead atoms. The molecule has 1 aromatic carbocycles. The zero-order valence-corrected chi connectivity index (χ0v) is 13.5. The Bertz CT molecular complexity index is 811. The Labute approximate surface area is 142 Å². The molecule has 0 saturated carbocycles. The Kier molecular flexibility index (Phi) is 4.61. The maximum atomic E-state index is 12.6. The van der Waals surface area contributed by atoms with Crippen molar-refractivity contribution in [3.63, 3.8) is 0 Å². The summed E-state index contributed by atoms with van der Waals surface area (Å²) in [7, 11) is 0. The van der Waals surface area contributed by atoms with E-state index in [2.05, 4.69) is 9.97 Å². The molecule has 3 rings (SSSR count). The summed E-state index contributed by atoms with van der Waals surface area (Å²) in [6, 6.07) is 8.42. The van der Waals surface area contributed by atoms with Gasteiger partial charge >= 0.3 is 5.69 Å². The van der Waals surface area contributed by atoms with E-state index in [9.17, 15) is 14.4 Å². The number of piperazine rings is 1. The summed E-state index contributed by atoms with van der Waals surface area (Å²) in [4.78, 5) is 44.7. The number of amides is 2. The molecule has 2 aromatic rings. The van der Waals surface area contributed by atoms with Crippen LogP contribution in [0, 0.1) is 0 Å². The smallest absolute Gasteiger partial charge is 0.342 e. The molecule has 1 fully saturated rings. The minimum absolute atomic E-state index is 0.180. The van der Waals surface area contributed by atoms with Crippen LogP contribution in [0.15, 0.2) is 35.1 Å². The lowest BCUT2D eigenvalue weighted by atomic mass is 10.1. The van der Waals surface area contributed by atoms with E-state index in [1.807, 2.05) is 0 Å². The Morgan fingerprint density at radius 1 is 1.17 bits per heavy atom. The molecular formula is C16H15ClN4O3. The van der Waals surface area contributed by atoms with Crippen molar-refractivity contribution in [1.29, 1.82) is 0 Å². The van der Waals surface area contributed by atoms with Crippen molar-refractivity contribution in [3.05, 3.63) is 51.5 Å². The highest BCUT2D eigenvalue weighted by Gasteiger charge is 2.22. The highest BCUT2D eigenvalue weighted by molar-refractivity contribution is 6.30. The topological polar surface area (TPSA) is 86.4 Å². The van der Waals surface area contributed by atoms with Gasteiger partial charge in [-0.1, -0.05) is 23.7 Å². The summed E-state index contributed by atoms with van der Waals surface area (Å²) < 4.78 is 0. The summed E-state index contributed by atoms with van der Waals surface area (Å²) in [6.07, 6.45) is 0.773. The van der Waals surface area contributed by atoms with Crippen LogP contribution >= 0.6 is 11.6 Å². The minimum atomic E-state index is -0.586. The predicted octanol–water partition coefficient (Wildman–Crippen LogP) is 1.00. The van der Waals surface area contributed by atoms with Crippen LogP contribution in [0.4, 0.5) is 0 Å². The molecule has 7 nitrogen and oxygen atoms in total. The average Bonchev–Trinajstić information content (AvgIpc) is 2.61. The number of carbonyl (C=O) groups is 2. The first-order valence-electron chi connectivity index (χ1n) is 7.43. The number of halogens is 1. The average molecular weight is 347 g/mol. The standard InChI is InChI=1S/C16H15ClN4O3/c17-12-3-1-11(2-4-12)13-9-14(19-16(24)18-13)15(23)21-7-5-20(10-22)6-8-21/h1-4,9-10H,5-8H2,(H,18,19,24). The van der Waals surface area contributed by atoms with Gasteiger partial charge < -0.3 is 14.8 Å². The quantitative estimate of drug-likeness (QED) is 0.840. The number of aromatic amines is 1. The molecule has 0 spiro atoms. The molecule has 1 aliphatic heterocycles. The Morgan fingerprint density at radius 3 is 2.46 bits per heavy atom. The van der Waals surface area contributed by atoms with Crippen molar-refractivity contribution in [1.82, 2.24) is 19.8 Å². The monoisotopic (exact) mass is 346 g/mol. The van der Waals surface area contributed by atoms with E-state index in [1.165, 1.54) is 0 Å². The van der Waals surface area contributed by atoms with Gasteiger partial charge in [-0.2, -0.15) is 4.98 Å². The van der Waals surface area contributed by atoms with Crippen LogP contribution in [0.3, 0.4) is 0 Å². The number of H-pyrrole nitrogens is 1. The highest BCUT2D eigenvalue weighted by atomic mass is 35.5. The van der Waals surface area contributed by atoms with Crippen LogP contribution in [-0.2, 0) is 4.79 Å². The van der Waals surface area contributed by atoms with E-state index >= 15 is 0 Å². The van der Waals surface area contributed by atoms with Gasteiger partial charge in [0.15, 0.2) is 0 Å². The SMILES string of the molecule is O=CN1CCN(C(=O)c2cc(-c3ccc(Cl)cc3)nc(=O)[nH]2)CC1. The number of rotatable bonds is 3. The molecule has 1 N–H and O–H groups in total. The molecule has 1 saturated heterocycles. The molecule has 0 radical (unpaired) electrons. The largest absolute Gasteiger partial charge is 0.346 e. The van der Waals surface area contributed by atoms with Crippen molar-refractivity contribution in [2.45, 2.75) is 0 Å². The number of nitrogens with one attached hydrogen (secondary N) is 1. The molecule has 124 valence electrons. The zero-order valence-electron chi connectivity index (χ0n) is 12.7. The fourth-order valence-electron chi connectivity index (χ4n) is 2.54. The number of aromatic nitrogens is 2. The molecule has 0 atom stereocenters. The molecule has 2 amide bonds. The zero-order chi connectivity index (χ0) is 17.1. The van der Waals surface area contributed by atoms with Gasteiger partial charge in [0.1, 0.15) is 5.69 Å². The van der Waals surface area contributed by atoms with Crippen molar-refractivity contribution >= 4 is 23.9 Å². The molecule has 2 heterocycles. The Hall–Kier alpha value is -2.67. The maximum absolute atomic E-state index is 12.6. The molecule has 0 unspecified atom stereocenters. The van der Waals surface area contributed by atoms with Crippen LogP contribution in [-0.4, -0.2) is 58.3 Å². The number of benzene rings is 1. The van der Waals surface area contributed by atoms with Crippen molar-refractivity contribution < 1.29 is 9.59 Å². The third kappa shape index (κ3) is 3.46. The molecule has 8 heteroatoms. The fourth-order valence-corrected chi connectivity index (χ4v) is 2.67. The second kappa shape index (κ2) is 6.84. The molecule has 0 aliphatic carbocycles. The summed E-state index contributed by atoms with van der Waals surface area (Å²) in [6.45, 7) is 1.82. The lowest BCUT2D eigenvalue weighted by Gasteiger charge is -2.32. The molecular weight excluding hydrogens is 332 g/mol. The van der Waals surface area contributed by atoms with Crippen LogP contribution in [0.25, 0.3) is 11.3 Å². The van der Waals surface area contributed by atoms with Gasteiger partial charge in [0, 0.05) is 36.8 Å². The van der Waals surface area contributed by atoms with E-state index in [-0.39, 0.29) is 11.6 Å². The number of hydrogen-bond donors (Lipinski definition) is 1. The summed E-state index contributed by atoms with van der Waals surface area (Å²) >= 11 is 5.86. The first-order valence-corrected chi connectivity index (χ1v) is 7.80. The van der Waals surface area contributed by atoms with Crippen LogP contribution in [0.2, 0.25) is 5.02 Å². The number of carbonyl (C=O) groups excluding carboxylic acids is 2. The number of hydrogen-bond acceptors (Lipinski definition) is 4. The highest BCUT2D eigenvalue weighted by Crippen LogP contribution is 2.19. The van der Waals surface area contributed by atoms with E-state index < -0.39 is 5.69 Å². The molecule has 1 aliphatic rings. The van der Waals surface area contributed by atoms with E-state index in [0.717, 1.165) is 6.41 Å². The number of nitrogens with zero attached hydrogens (tertiary/aromatic N) is 3. The first kappa shape index (κ1) is 16.2. The normalized spacial score (nSPS) is 14.5. The van der Waals surface area contributed by atoms with Gasteiger partial charge in [0.25, 0.3) is 5.91 Å². The second-order valence-electron chi connectivity index (χ2n) is 5.43. The lowest BCUT2D eigenvalue weighted by molar-refractivity contribution is -0.119. The molecule has 24 heavy (non-hydrogen) atoms. The van der Waals surface area contributed by atoms with Gasteiger partial charge in [0.2, 0.25) is 6.41 Å². The summed E-state index contributed by atoms with van der Waals surface area (Å²) in [5.74, 6) is -0.282. The predicted molar refractivity (Wildman–Crippen MR) is 88.8 cm³/mol. The van der Waals surface area contributed by atoms with Crippen molar-refractivity contribution in [3.8, 4) is 11.3 Å². The van der Waals surface area contributed by atoms with Gasteiger partial charge in [-0.25, -0.2) is 4.79 Å². The summed E-state index contributed by atoms with van der Waals surface area (Å²) in [5.41, 5.74) is 0.701. The van der Waals surface area contributed by atoms with Crippen LogP contribution in [0.1, 0.15) is 10.5 Å². The van der Waals surface area contributed by atoms with Gasteiger partial charge in [-0.3, -0.25) is 9.59 Å². The van der Waals surface area contributed by atoms with Crippen molar-refractivity contribution in [2.24, 2.45) is 0 Å². The van der Waals surface area contributed by atoms with E-state index in [4.69, 9.17) is 11.6 Å². The third-order valence-corrected chi connectivity index (χ3v) is 4.12. The van der Waals surface area contributed by atoms with E-state index in [0.29, 0.717) is 42.5 Å². The van der Waals surface area contributed by atoms with E-state index in [1.54, 1.807) is 40.1 Å². The lowest BCUT2D eigenvalue weighted by Crippen LogP contribution is -2.48.